The molecule has 0 N–H and O–H groups in total. The van der Waals surface area contributed by atoms with Crippen molar-refractivity contribution in [3.8, 4) is 5.75 Å². The number of carbonyl (C=O) groups is 2. The minimum absolute atomic E-state index is 0.0656. The van der Waals surface area contributed by atoms with Gasteiger partial charge in [-0.15, -0.1) is 0 Å². The minimum atomic E-state index is 0.0656. The van der Waals surface area contributed by atoms with E-state index in [0.717, 1.165) is 50.9 Å². The van der Waals surface area contributed by atoms with Gasteiger partial charge in [0.05, 0.1) is 18.6 Å². The predicted octanol–water partition coefficient (Wildman–Crippen LogP) is 4.42. The zero-order valence-corrected chi connectivity index (χ0v) is 19.0. The topological polar surface area (TPSA) is 49.9 Å². The molecule has 32 heavy (non-hydrogen) atoms. The fourth-order valence-electron chi connectivity index (χ4n) is 4.67. The van der Waals surface area contributed by atoms with E-state index in [4.69, 9.17) is 4.74 Å². The molecule has 5 heteroatoms. The van der Waals surface area contributed by atoms with E-state index in [1.54, 1.807) is 0 Å². The Morgan fingerprint density at radius 1 is 0.906 bits per heavy atom. The molecule has 4 rings (SSSR count). The second-order valence-electron chi connectivity index (χ2n) is 9.29. The van der Waals surface area contributed by atoms with Crippen molar-refractivity contribution in [3.63, 3.8) is 0 Å². The summed E-state index contributed by atoms with van der Waals surface area (Å²) in [6.45, 7) is 5.93. The van der Waals surface area contributed by atoms with Gasteiger partial charge in [-0.05, 0) is 49.3 Å². The number of hydrogen-bond acceptors (Lipinski definition) is 3. The first-order valence-corrected chi connectivity index (χ1v) is 11.9. The van der Waals surface area contributed by atoms with Crippen LogP contribution in [-0.4, -0.2) is 54.4 Å². The first kappa shape index (κ1) is 22.4. The van der Waals surface area contributed by atoms with Crippen molar-refractivity contribution in [2.24, 2.45) is 11.8 Å². The smallest absolute Gasteiger partial charge is 0.257 e. The van der Waals surface area contributed by atoms with Crippen molar-refractivity contribution >= 4 is 11.8 Å². The van der Waals surface area contributed by atoms with E-state index in [0.29, 0.717) is 36.8 Å². The number of benzene rings is 2. The molecule has 2 aliphatic heterocycles. The van der Waals surface area contributed by atoms with Crippen molar-refractivity contribution in [2.45, 2.75) is 39.0 Å². The van der Waals surface area contributed by atoms with Crippen LogP contribution in [0, 0.1) is 11.8 Å². The summed E-state index contributed by atoms with van der Waals surface area (Å²) in [4.78, 5) is 29.8. The molecule has 0 radical (unpaired) electrons. The molecule has 2 heterocycles. The Morgan fingerprint density at radius 3 is 2.41 bits per heavy atom. The van der Waals surface area contributed by atoms with Gasteiger partial charge < -0.3 is 14.5 Å². The van der Waals surface area contributed by atoms with Crippen LogP contribution in [0.4, 0.5) is 0 Å². The van der Waals surface area contributed by atoms with Gasteiger partial charge in [0.2, 0.25) is 5.91 Å². The maximum atomic E-state index is 13.1. The highest BCUT2D eigenvalue weighted by atomic mass is 16.5. The van der Waals surface area contributed by atoms with E-state index in [1.807, 2.05) is 64.4 Å². The molecule has 2 aromatic rings. The van der Waals surface area contributed by atoms with Crippen molar-refractivity contribution < 1.29 is 14.3 Å². The summed E-state index contributed by atoms with van der Waals surface area (Å²) in [6.07, 6.45) is 4.59. The molecule has 0 aromatic heterocycles. The highest BCUT2D eigenvalue weighted by Crippen LogP contribution is 2.25. The Labute approximate surface area is 191 Å². The zero-order valence-electron chi connectivity index (χ0n) is 19.0. The average Bonchev–Trinajstić information content (AvgIpc) is 2.84. The van der Waals surface area contributed by atoms with Crippen molar-refractivity contribution in [2.75, 3.05) is 32.8 Å². The molecule has 2 aromatic carbocycles. The Hall–Kier alpha value is -2.82. The predicted molar refractivity (Wildman–Crippen MR) is 126 cm³/mol. The summed E-state index contributed by atoms with van der Waals surface area (Å²) < 4.78 is 6.17. The molecular weight excluding hydrogens is 400 g/mol. The average molecular weight is 435 g/mol. The summed E-state index contributed by atoms with van der Waals surface area (Å²) in [5.74, 6) is 1.86. The fraction of sp³-hybridized carbons (Fsp3) is 0.481. The monoisotopic (exact) mass is 434 g/mol. The number of piperidine rings is 2. The number of amides is 2. The van der Waals surface area contributed by atoms with Gasteiger partial charge >= 0.3 is 0 Å². The number of hydrogen-bond donors (Lipinski definition) is 0. The van der Waals surface area contributed by atoms with Crippen molar-refractivity contribution in [1.82, 2.24) is 9.80 Å². The van der Waals surface area contributed by atoms with E-state index < -0.39 is 0 Å². The van der Waals surface area contributed by atoms with E-state index in [9.17, 15) is 9.59 Å². The molecule has 0 saturated carbocycles. The summed E-state index contributed by atoms with van der Waals surface area (Å²) in [5, 5.41) is 0. The molecule has 0 aliphatic carbocycles. The Morgan fingerprint density at radius 2 is 1.62 bits per heavy atom. The Kier molecular flexibility index (Phi) is 7.46. The van der Waals surface area contributed by atoms with E-state index >= 15 is 0 Å². The number of para-hydroxylation sites is 1. The third kappa shape index (κ3) is 5.70. The molecule has 2 aliphatic rings. The first-order chi connectivity index (χ1) is 15.6. The van der Waals surface area contributed by atoms with Crippen LogP contribution in [0.15, 0.2) is 54.6 Å². The maximum Gasteiger partial charge on any atom is 0.257 e. The van der Waals surface area contributed by atoms with Crippen LogP contribution in [0.1, 0.15) is 48.5 Å². The normalized spacial score (nSPS) is 19.6. The van der Waals surface area contributed by atoms with Crippen LogP contribution in [0.5, 0.6) is 5.75 Å². The summed E-state index contributed by atoms with van der Waals surface area (Å²) in [5.41, 5.74) is 1.70. The molecule has 2 amide bonds. The molecule has 2 fully saturated rings. The maximum absolute atomic E-state index is 13.1. The molecule has 1 atom stereocenters. The van der Waals surface area contributed by atoms with Gasteiger partial charge in [0.15, 0.2) is 0 Å². The number of carbonyl (C=O) groups excluding carboxylic acids is 2. The second kappa shape index (κ2) is 10.7. The molecule has 170 valence electrons. The van der Waals surface area contributed by atoms with Crippen LogP contribution in [-0.2, 0) is 11.2 Å². The van der Waals surface area contributed by atoms with Crippen molar-refractivity contribution in [3.05, 3.63) is 65.7 Å². The number of ether oxygens (including phenoxy) is 1. The molecule has 0 spiro atoms. The van der Waals surface area contributed by atoms with Crippen LogP contribution < -0.4 is 4.74 Å². The lowest BCUT2D eigenvalue weighted by atomic mass is 9.98. The second-order valence-corrected chi connectivity index (χ2v) is 9.29. The lowest BCUT2D eigenvalue weighted by molar-refractivity contribution is -0.132. The van der Waals surface area contributed by atoms with Gasteiger partial charge in [-0.3, -0.25) is 9.59 Å². The largest absolute Gasteiger partial charge is 0.492 e. The SMILES string of the molecule is CC1CCN(C(=O)c2ccccc2OCC2CCCN(C(=O)Cc3ccccc3)C2)CC1. The minimum Gasteiger partial charge on any atom is -0.492 e. The van der Waals surface area contributed by atoms with Crippen molar-refractivity contribution in [1.29, 1.82) is 0 Å². The standard InChI is InChI=1S/C27H34N2O3/c1-21-13-16-28(17-14-21)27(31)24-11-5-6-12-25(24)32-20-23-10-7-15-29(19-23)26(30)18-22-8-3-2-4-9-22/h2-6,8-9,11-12,21,23H,7,10,13-20H2,1H3. The number of likely N-dealkylation sites (tertiary alicyclic amines) is 2. The number of nitrogens with zero attached hydrogens (tertiary/aromatic N) is 2. The first-order valence-electron chi connectivity index (χ1n) is 11.9. The van der Waals surface area contributed by atoms with Gasteiger partial charge in [0.1, 0.15) is 5.75 Å². The van der Waals surface area contributed by atoms with Crippen LogP contribution in [0.3, 0.4) is 0 Å². The lowest BCUT2D eigenvalue weighted by Crippen LogP contribution is -2.42. The van der Waals surface area contributed by atoms with E-state index in [1.165, 1.54) is 0 Å². The van der Waals surface area contributed by atoms with E-state index in [-0.39, 0.29) is 17.7 Å². The zero-order chi connectivity index (χ0) is 22.3. The summed E-state index contributed by atoms with van der Waals surface area (Å²) in [7, 11) is 0. The Balaban J connectivity index is 1.33. The van der Waals surface area contributed by atoms with Gasteiger partial charge in [-0.1, -0.05) is 49.4 Å². The highest BCUT2D eigenvalue weighted by molar-refractivity contribution is 5.97. The van der Waals surface area contributed by atoms with Gasteiger partial charge in [-0.25, -0.2) is 0 Å². The van der Waals surface area contributed by atoms with Crippen LogP contribution >= 0.6 is 0 Å². The molecule has 5 nitrogen and oxygen atoms in total. The molecule has 2 saturated heterocycles. The highest BCUT2D eigenvalue weighted by Gasteiger charge is 2.26. The molecular formula is C27H34N2O3. The van der Waals surface area contributed by atoms with E-state index in [2.05, 4.69) is 6.92 Å². The van der Waals surface area contributed by atoms with Gasteiger partial charge in [-0.2, -0.15) is 0 Å². The van der Waals surface area contributed by atoms with Gasteiger partial charge in [0, 0.05) is 32.1 Å². The summed E-state index contributed by atoms with van der Waals surface area (Å²) in [6, 6.07) is 17.5. The molecule has 0 bridgehead atoms. The third-order valence-corrected chi connectivity index (χ3v) is 6.73. The van der Waals surface area contributed by atoms with Crippen LogP contribution in [0.2, 0.25) is 0 Å². The van der Waals surface area contributed by atoms with Crippen LogP contribution in [0.25, 0.3) is 0 Å². The quantitative estimate of drug-likeness (QED) is 0.676. The lowest BCUT2D eigenvalue weighted by Gasteiger charge is -2.33. The van der Waals surface area contributed by atoms with Gasteiger partial charge in [0.25, 0.3) is 5.91 Å². The Bertz CT molecular complexity index is 906. The summed E-state index contributed by atoms with van der Waals surface area (Å²) >= 11 is 0. The number of rotatable bonds is 6. The molecule has 1 unspecified atom stereocenters. The fourth-order valence-corrected chi connectivity index (χ4v) is 4.67. The third-order valence-electron chi connectivity index (χ3n) is 6.73.